The largest absolute Gasteiger partial charge is 0.491 e. The molecule has 1 aliphatic heterocycles. The first kappa shape index (κ1) is 16.9. The van der Waals surface area contributed by atoms with Crippen LogP contribution in [0.2, 0.25) is 0 Å². The molecule has 1 heterocycles. The SMILES string of the molecule is CN1C(=O)CCOc2ccc(CC(=O)Nc3ccc(F)cc3F)cc21. The number of fused-ring (bicyclic) bond motifs is 1. The van der Waals surface area contributed by atoms with Gasteiger partial charge in [-0.3, -0.25) is 9.59 Å². The van der Waals surface area contributed by atoms with E-state index >= 15 is 0 Å². The van der Waals surface area contributed by atoms with Crippen molar-refractivity contribution in [2.75, 3.05) is 23.9 Å². The highest BCUT2D eigenvalue weighted by molar-refractivity contribution is 5.96. The zero-order valence-corrected chi connectivity index (χ0v) is 13.5. The van der Waals surface area contributed by atoms with Gasteiger partial charge in [0.15, 0.2) is 0 Å². The van der Waals surface area contributed by atoms with E-state index in [1.54, 1.807) is 25.2 Å². The van der Waals surface area contributed by atoms with Gasteiger partial charge in [-0.2, -0.15) is 0 Å². The number of halogens is 2. The fourth-order valence-corrected chi connectivity index (χ4v) is 2.58. The van der Waals surface area contributed by atoms with Crippen LogP contribution in [0.3, 0.4) is 0 Å². The Labute approximate surface area is 143 Å². The van der Waals surface area contributed by atoms with Crippen LogP contribution in [-0.4, -0.2) is 25.5 Å². The van der Waals surface area contributed by atoms with Crippen LogP contribution >= 0.6 is 0 Å². The lowest BCUT2D eigenvalue weighted by Crippen LogP contribution is -2.25. The van der Waals surface area contributed by atoms with E-state index in [4.69, 9.17) is 4.74 Å². The van der Waals surface area contributed by atoms with Gasteiger partial charge in [-0.1, -0.05) is 6.07 Å². The minimum Gasteiger partial charge on any atom is -0.491 e. The summed E-state index contributed by atoms with van der Waals surface area (Å²) in [5.41, 5.74) is 1.14. The number of hydrogen-bond acceptors (Lipinski definition) is 3. The van der Waals surface area contributed by atoms with Gasteiger partial charge in [0.1, 0.15) is 17.4 Å². The second-order valence-electron chi connectivity index (χ2n) is 5.70. The number of carbonyl (C=O) groups excluding carboxylic acids is 2. The Hall–Kier alpha value is -2.96. The maximum absolute atomic E-state index is 13.6. The molecule has 3 rings (SSSR count). The Morgan fingerprint density at radius 1 is 1.24 bits per heavy atom. The molecule has 0 saturated carbocycles. The molecule has 0 atom stereocenters. The zero-order valence-electron chi connectivity index (χ0n) is 13.5. The molecule has 0 spiro atoms. The van der Waals surface area contributed by atoms with Crippen LogP contribution in [0.15, 0.2) is 36.4 Å². The molecule has 0 saturated heterocycles. The summed E-state index contributed by atoms with van der Waals surface area (Å²) in [6.45, 7) is 0.305. The average molecular weight is 346 g/mol. The van der Waals surface area contributed by atoms with E-state index in [9.17, 15) is 18.4 Å². The van der Waals surface area contributed by atoms with Crippen LogP contribution in [0.4, 0.5) is 20.2 Å². The lowest BCUT2D eigenvalue weighted by Gasteiger charge is -2.17. The van der Waals surface area contributed by atoms with E-state index in [1.807, 2.05) is 0 Å². The van der Waals surface area contributed by atoms with Gasteiger partial charge in [-0.15, -0.1) is 0 Å². The summed E-state index contributed by atoms with van der Waals surface area (Å²) in [4.78, 5) is 25.5. The van der Waals surface area contributed by atoms with E-state index < -0.39 is 17.5 Å². The van der Waals surface area contributed by atoms with Crippen molar-refractivity contribution in [2.24, 2.45) is 0 Å². The lowest BCUT2D eigenvalue weighted by molar-refractivity contribution is -0.118. The molecule has 7 heteroatoms. The van der Waals surface area contributed by atoms with Gasteiger partial charge in [0.05, 0.1) is 30.8 Å². The minimum atomic E-state index is -0.839. The van der Waals surface area contributed by atoms with Crippen LogP contribution < -0.4 is 15.0 Å². The Bertz CT molecular complexity index is 839. The number of carbonyl (C=O) groups is 2. The van der Waals surface area contributed by atoms with Crippen LogP contribution in [0.5, 0.6) is 5.75 Å². The van der Waals surface area contributed by atoms with Crippen LogP contribution in [0.25, 0.3) is 0 Å². The highest BCUT2D eigenvalue weighted by atomic mass is 19.1. The van der Waals surface area contributed by atoms with Crippen LogP contribution in [0.1, 0.15) is 12.0 Å². The summed E-state index contributed by atoms with van der Waals surface area (Å²) < 4.78 is 32.0. The molecule has 0 unspecified atom stereocenters. The Kier molecular flexibility index (Phi) is 4.65. The lowest BCUT2D eigenvalue weighted by atomic mass is 10.1. The summed E-state index contributed by atoms with van der Waals surface area (Å²) >= 11 is 0. The molecule has 130 valence electrons. The van der Waals surface area contributed by atoms with Crippen LogP contribution in [-0.2, 0) is 16.0 Å². The second kappa shape index (κ2) is 6.88. The van der Waals surface area contributed by atoms with E-state index in [1.165, 1.54) is 11.0 Å². The molecule has 1 N–H and O–H groups in total. The summed E-state index contributed by atoms with van der Waals surface area (Å²) in [5, 5.41) is 2.41. The predicted molar refractivity (Wildman–Crippen MR) is 88.7 cm³/mol. The van der Waals surface area contributed by atoms with Crippen molar-refractivity contribution in [3.63, 3.8) is 0 Å². The van der Waals surface area contributed by atoms with Crippen molar-refractivity contribution in [1.82, 2.24) is 0 Å². The second-order valence-corrected chi connectivity index (χ2v) is 5.70. The number of amides is 2. The van der Waals surface area contributed by atoms with Crippen molar-refractivity contribution in [2.45, 2.75) is 12.8 Å². The van der Waals surface area contributed by atoms with Gasteiger partial charge in [0.2, 0.25) is 11.8 Å². The number of hydrogen-bond donors (Lipinski definition) is 1. The molecule has 2 amide bonds. The molecule has 0 aliphatic carbocycles. The first-order valence-electron chi connectivity index (χ1n) is 7.71. The maximum atomic E-state index is 13.6. The zero-order chi connectivity index (χ0) is 18.0. The molecule has 0 fully saturated rings. The maximum Gasteiger partial charge on any atom is 0.230 e. The van der Waals surface area contributed by atoms with Gasteiger partial charge in [0, 0.05) is 13.1 Å². The van der Waals surface area contributed by atoms with E-state index in [0.717, 1.165) is 6.07 Å². The monoisotopic (exact) mass is 346 g/mol. The quantitative estimate of drug-likeness (QED) is 0.930. The standard InChI is InChI=1S/C18H16F2N2O3/c1-22-15-8-11(2-5-16(15)25-7-6-18(22)24)9-17(23)21-14-4-3-12(19)10-13(14)20/h2-5,8,10H,6-7,9H2,1H3,(H,21,23). The van der Waals surface area contributed by atoms with Crippen molar-refractivity contribution < 1.29 is 23.1 Å². The van der Waals surface area contributed by atoms with E-state index in [-0.39, 0.29) is 24.4 Å². The van der Waals surface area contributed by atoms with Crippen molar-refractivity contribution in [3.8, 4) is 5.75 Å². The average Bonchev–Trinajstić information content (AvgIpc) is 2.70. The molecule has 0 radical (unpaired) electrons. The number of rotatable bonds is 3. The van der Waals surface area contributed by atoms with E-state index in [2.05, 4.69) is 5.32 Å². The normalized spacial score (nSPS) is 13.7. The molecule has 5 nitrogen and oxygen atoms in total. The topological polar surface area (TPSA) is 58.6 Å². The molecular weight excluding hydrogens is 330 g/mol. The third-order valence-electron chi connectivity index (χ3n) is 3.90. The first-order chi connectivity index (χ1) is 11.9. The van der Waals surface area contributed by atoms with Crippen LogP contribution in [0, 0.1) is 11.6 Å². The van der Waals surface area contributed by atoms with Gasteiger partial charge < -0.3 is 15.0 Å². The number of anilines is 2. The highest BCUT2D eigenvalue weighted by Gasteiger charge is 2.20. The number of nitrogens with zero attached hydrogens (tertiary/aromatic N) is 1. The summed E-state index contributed by atoms with van der Waals surface area (Å²) in [6.07, 6.45) is 0.261. The van der Waals surface area contributed by atoms with E-state index in [0.29, 0.717) is 29.7 Å². The Morgan fingerprint density at radius 3 is 2.80 bits per heavy atom. The Balaban J connectivity index is 1.76. The summed E-state index contributed by atoms with van der Waals surface area (Å²) in [6, 6.07) is 8.04. The van der Waals surface area contributed by atoms with Gasteiger partial charge >= 0.3 is 0 Å². The number of ether oxygens (including phenoxy) is 1. The first-order valence-corrected chi connectivity index (χ1v) is 7.71. The fourth-order valence-electron chi connectivity index (χ4n) is 2.58. The van der Waals surface area contributed by atoms with Gasteiger partial charge in [0.25, 0.3) is 0 Å². The van der Waals surface area contributed by atoms with Crippen molar-refractivity contribution in [1.29, 1.82) is 0 Å². The fraction of sp³-hybridized carbons (Fsp3) is 0.222. The molecule has 2 aromatic rings. The highest BCUT2D eigenvalue weighted by Crippen LogP contribution is 2.31. The Morgan fingerprint density at radius 2 is 2.04 bits per heavy atom. The molecule has 0 aromatic heterocycles. The molecule has 0 bridgehead atoms. The molecule has 2 aromatic carbocycles. The third kappa shape index (κ3) is 3.76. The predicted octanol–water partition coefficient (Wildman–Crippen LogP) is 2.89. The smallest absolute Gasteiger partial charge is 0.230 e. The third-order valence-corrected chi connectivity index (χ3v) is 3.90. The molecule has 25 heavy (non-hydrogen) atoms. The number of benzene rings is 2. The molecule has 1 aliphatic rings. The van der Waals surface area contributed by atoms with Gasteiger partial charge in [-0.25, -0.2) is 8.78 Å². The minimum absolute atomic E-state index is 0.0217. The van der Waals surface area contributed by atoms with Gasteiger partial charge in [-0.05, 0) is 29.8 Å². The summed E-state index contributed by atoms with van der Waals surface area (Å²) in [5.74, 6) is -1.51. The molecular formula is C18H16F2N2O3. The van der Waals surface area contributed by atoms with Crippen molar-refractivity contribution in [3.05, 3.63) is 53.6 Å². The van der Waals surface area contributed by atoms with Crippen molar-refractivity contribution >= 4 is 23.2 Å². The summed E-state index contributed by atoms with van der Waals surface area (Å²) in [7, 11) is 1.65. The number of nitrogens with one attached hydrogen (secondary N) is 1.